The van der Waals surface area contributed by atoms with Crippen molar-refractivity contribution in [3.05, 3.63) is 30.1 Å². The van der Waals surface area contributed by atoms with Gasteiger partial charge in [-0.1, -0.05) is 19.9 Å². The summed E-state index contributed by atoms with van der Waals surface area (Å²) in [4.78, 5) is 26.7. The number of rotatable bonds is 3. The molecular formula is C11H15N3O2. The molecule has 86 valence electrons. The van der Waals surface area contributed by atoms with Crippen LogP contribution in [0.4, 0.5) is 0 Å². The van der Waals surface area contributed by atoms with Crippen molar-refractivity contribution < 1.29 is 9.59 Å². The smallest absolute Gasteiger partial charge is 0.273 e. The van der Waals surface area contributed by atoms with Gasteiger partial charge >= 0.3 is 0 Å². The van der Waals surface area contributed by atoms with E-state index in [0.29, 0.717) is 0 Å². The maximum Gasteiger partial charge on any atom is 0.288 e. The maximum absolute atomic E-state index is 11.5. The number of carbonyl (C=O) groups excluding carboxylic acids is 2. The molecule has 0 fully saturated rings. The van der Waals surface area contributed by atoms with Crippen molar-refractivity contribution in [1.29, 1.82) is 0 Å². The lowest BCUT2D eigenvalue weighted by molar-refractivity contribution is -0.125. The second kappa shape index (κ2) is 5.85. The van der Waals surface area contributed by atoms with Crippen LogP contribution >= 0.6 is 0 Å². The zero-order chi connectivity index (χ0) is 12.0. The molecule has 1 atom stereocenters. The monoisotopic (exact) mass is 221 g/mol. The third-order valence-electron chi connectivity index (χ3n) is 2.26. The minimum atomic E-state index is -0.419. The number of amides is 2. The van der Waals surface area contributed by atoms with E-state index in [-0.39, 0.29) is 17.5 Å². The fourth-order valence-electron chi connectivity index (χ4n) is 0.988. The normalized spacial score (nSPS) is 11.6. The minimum Gasteiger partial charge on any atom is -0.273 e. The van der Waals surface area contributed by atoms with Gasteiger partial charge in [-0.3, -0.25) is 25.4 Å². The molecule has 1 unspecified atom stereocenters. The Balaban J connectivity index is 2.45. The number of hydrogen-bond acceptors (Lipinski definition) is 3. The second-order valence-electron chi connectivity index (χ2n) is 3.47. The van der Waals surface area contributed by atoms with Crippen LogP contribution in [0.3, 0.4) is 0 Å². The largest absolute Gasteiger partial charge is 0.288 e. The van der Waals surface area contributed by atoms with Gasteiger partial charge in [0.25, 0.3) is 5.91 Å². The molecule has 0 radical (unpaired) electrons. The van der Waals surface area contributed by atoms with E-state index < -0.39 is 5.91 Å². The quantitative estimate of drug-likeness (QED) is 0.744. The zero-order valence-corrected chi connectivity index (χ0v) is 9.36. The Bertz CT molecular complexity index is 365. The van der Waals surface area contributed by atoms with Crippen LogP contribution in [0.1, 0.15) is 30.8 Å². The Morgan fingerprint density at radius 1 is 1.38 bits per heavy atom. The van der Waals surface area contributed by atoms with Crippen molar-refractivity contribution in [2.24, 2.45) is 5.92 Å². The molecule has 5 nitrogen and oxygen atoms in total. The summed E-state index contributed by atoms with van der Waals surface area (Å²) in [5.41, 5.74) is 4.94. The van der Waals surface area contributed by atoms with Crippen LogP contribution in [0, 0.1) is 5.92 Å². The van der Waals surface area contributed by atoms with Crippen LogP contribution in [0.2, 0.25) is 0 Å². The average Bonchev–Trinajstić information content (AvgIpc) is 2.35. The van der Waals surface area contributed by atoms with Crippen LogP contribution < -0.4 is 10.9 Å². The fourth-order valence-corrected chi connectivity index (χ4v) is 0.988. The minimum absolute atomic E-state index is 0.121. The highest BCUT2D eigenvalue weighted by atomic mass is 16.2. The first-order valence-electron chi connectivity index (χ1n) is 5.16. The second-order valence-corrected chi connectivity index (χ2v) is 3.47. The molecule has 0 saturated heterocycles. The van der Waals surface area contributed by atoms with Gasteiger partial charge in [0.2, 0.25) is 5.91 Å². The molecule has 1 aromatic heterocycles. The molecule has 1 rings (SSSR count). The van der Waals surface area contributed by atoms with Gasteiger partial charge in [0, 0.05) is 12.1 Å². The summed E-state index contributed by atoms with van der Waals surface area (Å²) in [5, 5.41) is 0. The Morgan fingerprint density at radius 2 is 2.12 bits per heavy atom. The number of carbonyl (C=O) groups is 2. The van der Waals surface area contributed by atoms with Gasteiger partial charge in [0.1, 0.15) is 5.69 Å². The van der Waals surface area contributed by atoms with Crippen molar-refractivity contribution in [2.45, 2.75) is 20.3 Å². The molecule has 5 heteroatoms. The Labute approximate surface area is 94.2 Å². The van der Waals surface area contributed by atoms with Gasteiger partial charge in [-0.2, -0.15) is 0 Å². The third-order valence-corrected chi connectivity index (χ3v) is 2.26. The molecule has 0 spiro atoms. The number of aromatic nitrogens is 1. The van der Waals surface area contributed by atoms with E-state index in [1.165, 1.54) is 6.20 Å². The van der Waals surface area contributed by atoms with Crippen LogP contribution in [-0.2, 0) is 4.79 Å². The lowest BCUT2D eigenvalue weighted by Gasteiger charge is -2.10. The van der Waals surface area contributed by atoms with Gasteiger partial charge in [-0.05, 0) is 18.6 Å². The Kier molecular flexibility index (Phi) is 4.44. The third kappa shape index (κ3) is 3.34. The fraction of sp³-hybridized carbons (Fsp3) is 0.364. The number of hydrazine groups is 1. The van der Waals surface area contributed by atoms with Crippen molar-refractivity contribution in [3.63, 3.8) is 0 Å². The summed E-state index contributed by atoms with van der Waals surface area (Å²) in [5.74, 6) is -0.743. The molecule has 1 heterocycles. The highest BCUT2D eigenvalue weighted by Gasteiger charge is 2.12. The summed E-state index contributed by atoms with van der Waals surface area (Å²) in [6.45, 7) is 3.70. The summed E-state index contributed by atoms with van der Waals surface area (Å²) >= 11 is 0. The average molecular weight is 221 g/mol. The topological polar surface area (TPSA) is 71.1 Å². The predicted molar refractivity (Wildman–Crippen MR) is 59.3 cm³/mol. The van der Waals surface area contributed by atoms with Gasteiger partial charge < -0.3 is 0 Å². The number of hydrogen-bond donors (Lipinski definition) is 2. The molecule has 1 aromatic rings. The molecule has 0 aliphatic rings. The summed E-state index contributed by atoms with van der Waals surface area (Å²) in [7, 11) is 0. The van der Waals surface area contributed by atoms with Crippen molar-refractivity contribution in [3.8, 4) is 0 Å². The number of nitrogens with one attached hydrogen (secondary N) is 2. The van der Waals surface area contributed by atoms with Crippen LogP contribution in [0.25, 0.3) is 0 Å². The van der Waals surface area contributed by atoms with Gasteiger partial charge in [-0.15, -0.1) is 0 Å². The molecule has 0 aliphatic carbocycles. The maximum atomic E-state index is 11.5. The zero-order valence-electron chi connectivity index (χ0n) is 9.36. The first-order valence-corrected chi connectivity index (χ1v) is 5.16. The molecule has 16 heavy (non-hydrogen) atoms. The molecule has 0 aromatic carbocycles. The summed E-state index contributed by atoms with van der Waals surface area (Å²) < 4.78 is 0. The van der Waals surface area contributed by atoms with Gasteiger partial charge in [0.05, 0.1) is 0 Å². The number of nitrogens with zero attached hydrogens (tertiary/aromatic N) is 1. The van der Waals surface area contributed by atoms with E-state index in [9.17, 15) is 9.59 Å². The van der Waals surface area contributed by atoms with Crippen LogP contribution in [-0.4, -0.2) is 16.8 Å². The Morgan fingerprint density at radius 3 is 2.69 bits per heavy atom. The van der Waals surface area contributed by atoms with Crippen LogP contribution in [0.5, 0.6) is 0 Å². The summed E-state index contributed by atoms with van der Waals surface area (Å²) in [6.07, 6.45) is 2.25. The standard InChI is InChI=1S/C11H15N3O2/c1-3-8(2)10(15)13-14-11(16)9-6-4-5-7-12-9/h4-8H,3H2,1-2H3,(H,13,15)(H,14,16). The van der Waals surface area contributed by atoms with Crippen LogP contribution in [0.15, 0.2) is 24.4 Å². The molecule has 0 bridgehead atoms. The predicted octanol–water partition coefficient (Wildman–Crippen LogP) is 0.889. The van der Waals surface area contributed by atoms with Crippen molar-refractivity contribution >= 4 is 11.8 Å². The molecule has 0 aliphatic heterocycles. The van der Waals surface area contributed by atoms with E-state index in [1.807, 2.05) is 6.92 Å². The molecule has 2 amide bonds. The number of pyridine rings is 1. The van der Waals surface area contributed by atoms with Gasteiger partial charge in [0.15, 0.2) is 0 Å². The van der Waals surface area contributed by atoms with E-state index >= 15 is 0 Å². The SMILES string of the molecule is CCC(C)C(=O)NNC(=O)c1ccccn1. The lowest BCUT2D eigenvalue weighted by atomic mass is 10.1. The molecule has 2 N–H and O–H groups in total. The summed E-state index contributed by atoms with van der Waals surface area (Å²) in [6, 6.07) is 5.00. The van der Waals surface area contributed by atoms with Crippen molar-refractivity contribution in [1.82, 2.24) is 15.8 Å². The lowest BCUT2D eigenvalue weighted by Crippen LogP contribution is -2.44. The highest BCUT2D eigenvalue weighted by Crippen LogP contribution is 1.98. The van der Waals surface area contributed by atoms with E-state index in [2.05, 4.69) is 15.8 Å². The van der Waals surface area contributed by atoms with E-state index in [0.717, 1.165) is 6.42 Å². The first-order chi connectivity index (χ1) is 7.65. The Hall–Kier alpha value is -1.91. The van der Waals surface area contributed by atoms with Gasteiger partial charge in [-0.25, -0.2) is 0 Å². The van der Waals surface area contributed by atoms with E-state index in [1.54, 1.807) is 25.1 Å². The van der Waals surface area contributed by atoms with Crippen molar-refractivity contribution in [2.75, 3.05) is 0 Å². The molecule has 0 saturated carbocycles. The molecular weight excluding hydrogens is 206 g/mol. The first kappa shape index (κ1) is 12.2. The van der Waals surface area contributed by atoms with E-state index in [4.69, 9.17) is 0 Å². The highest BCUT2D eigenvalue weighted by molar-refractivity contribution is 5.93.